The molecule has 0 aliphatic carbocycles. The summed E-state index contributed by atoms with van der Waals surface area (Å²) < 4.78 is 10.5. The predicted molar refractivity (Wildman–Crippen MR) is 107 cm³/mol. The number of carbonyl (C=O) groups is 2. The summed E-state index contributed by atoms with van der Waals surface area (Å²) in [6.07, 6.45) is 1.65. The summed E-state index contributed by atoms with van der Waals surface area (Å²) in [5.41, 5.74) is 2.66. The fraction of sp³-hybridized carbons (Fsp3) is 0.200. The number of hydrogen-bond acceptors (Lipinski definition) is 6. The Morgan fingerprint density at radius 1 is 1.07 bits per heavy atom. The van der Waals surface area contributed by atoms with Crippen molar-refractivity contribution >= 4 is 34.7 Å². The number of anilines is 1. The van der Waals surface area contributed by atoms with E-state index in [9.17, 15) is 9.59 Å². The first kappa shape index (κ1) is 18.8. The van der Waals surface area contributed by atoms with Gasteiger partial charge in [-0.05, 0) is 55.1 Å². The normalized spacial score (nSPS) is 15.4. The van der Waals surface area contributed by atoms with Gasteiger partial charge in [-0.2, -0.15) is 0 Å². The maximum atomic E-state index is 12.7. The minimum Gasteiger partial charge on any atom is -0.497 e. The Hall–Kier alpha value is -2.93. The van der Waals surface area contributed by atoms with Crippen LogP contribution in [0.5, 0.6) is 11.5 Å². The Kier molecular flexibility index (Phi) is 5.71. The quantitative estimate of drug-likeness (QED) is 0.756. The Balaban J connectivity index is 1.77. The molecule has 0 spiro atoms. The van der Waals surface area contributed by atoms with Crippen molar-refractivity contribution in [1.82, 2.24) is 4.90 Å². The van der Waals surface area contributed by atoms with Gasteiger partial charge in [0.15, 0.2) is 0 Å². The number of benzene rings is 2. The number of imide groups is 1. The summed E-state index contributed by atoms with van der Waals surface area (Å²) in [5, 5.41) is 2.79. The van der Waals surface area contributed by atoms with Crippen molar-refractivity contribution in [2.45, 2.75) is 6.92 Å². The van der Waals surface area contributed by atoms with Crippen LogP contribution >= 0.6 is 11.8 Å². The molecule has 6 nitrogen and oxygen atoms in total. The highest BCUT2D eigenvalue weighted by Crippen LogP contribution is 2.35. The van der Waals surface area contributed by atoms with Gasteiger partial charge in [-0.15, -0.1) is 0 Å². The SMILES string of the molecule is COc1ccc(OC)c(/C=C2/SC(=O)N(CNc3ccc(C)cc3)C2=O)c1. The number of methoxy groups -OCH3 is 2. The molecule has 0 atom stereocenters. The predicted octanol–water partition coefficient (Wildman–Crippen LogP) is 4.12. The van der Waals surface area contributed by atoms with E-state index >= 15 is 0 Å². The monoisotopic (exact) mass is 384 g/mol. The first-order valence-corrected chi connectivity index (χ1v) is 9.11. The second kappa shape index (κ2) is 8.18. The number of amides is 2. The van der Waals surface area contributed by atoms with Crippen LogP contribution in [0.1, 0.15) is 11.1 Å². The smallest absolute Gasteiger partial charge is 0.295 e. The second-order valence-electron chi connectivity index (χ2n) is 5.92. The highest BCUT2D eigenvalue weighted by atomic mass is 32.2. The van der Waals surface area contributed by atoms with E-state index in [4.69, 9.17) is 9.47 Å². The molecule has 0 bridgehead atoms. The van der Waals surface area contributed by atoms with Crippen LogP contribution in [-0.4, -0.2) is 36.9 Å². The van der Waals surface area contributed by atoms with Gasteiger partial charge >= 0.3 is 0 Å². The van der Waals surface area contributed by atoms with E-state index in [1.54, 1.807) is 38.5 Å². The van der Waals surface area contributed by atoms with Crippen molar-refractivity contribution in [1.29, 1.82) is 0 Å². The summed E-state index contributed by atoms with van der Waals surface area (Å²) in [7, 11) is 3.12. The summed E-state index contributed by atoms with van der Waals surface area (Å²) >= 11 is 0.909. The number of nitrogens with one attached hydrogen (secondary N) is 1. The Labute approximate surface area is 162 Å². The fourth-order valence-corrected chi connectivity index (χ4v) is 3.40. The molecule has 7 heteroatoms. The highest BCUT2D eigenvalue weighted by Gasteiger charge is 2.35. The molecule has 2 aromatic carbocycles. The van der Waals surface area contributed by atoms with Gasteiger partial charge in [-0.1, -0.05) is 17.7 Å². The topological polar surface area (TPSA) is 67.9 Å². The largest absolute Gasteiger partial charge is 0.497 e. The molecule has 1 heterocycles. The summed E-state index contributed by atoms with van der Waals surface area (Å²) in [6, 6.07) is 13.0. The number of hydrogen-bond donors (Lipinski definition) is 1. The molecule has 27 heavy (non-hydrogen) atoms. The molecule has 2 amide bonds. The van der Waals surface area contributed by atoms with E-state index in [1.807, 2.05) is 31.2 Å². The summed E-state index contributed by atoms with van der Waals surface area (Å²) in [4.78, 5) is 26.5. The van der Waals surface area contributed by atoms with Gasteiger partial charge in [0, 0.05) is 11.3 Å². The van der Waals surface area contributed by atoms with Crippen molar-refractivity contribution < 1.29 is 19.1 Å². The van der Waals surface area contributed by atoms with Crippen LogP contribution in [0, 0.1) is 6.92 Å². The van der Waals surface area contributed by atoms with Crippen molar-refractivity contribution in [3.63, 3.8) is 0 Å². The lowest BCUT2D eigenvalue weighted by Crippen LogP contribution is -2.33. The molecular formula is C20H20N2O4S. The maximum absolute atomic E-state index is 12.7. The number of nitrogens with zero attached hydrogens (tertiary/aromatic N) is 1. The minimum atomic E-state index is -0.338. The first-order valence-electron chi connectivity index (χ1n) is 8.29. The molecule has 1 aliphatic rings. The molecule has 1 saturated heterocycles. The number of carbonyl (C=O) groups excluding carboxylic acids is 2. The third kappa shape index (κ3) is 4.25. The molecule has 1 aliphatic heterocycles. The molecule has 0 saturated carbocycles. The van der Waals surface area contributed by atoms with Crippen LogP contribution in [0.3, 0.4) is 0 Å². The number of aryl methyl sites for hydroxylation is 1. The third-order valence-corrected chi connectivity index (χ3v) is 5.00. The van der Waals surface area contributed by atoms with Crippen LogP contribution in [0.2, 0.25) is 0 Å². The molecule has 140 valence electrons. The van der Waals surface area contributed by atoms with Gasteiger partial charge in [0.05, 0.1) is 25.8 Å². The summed E-state index contributed by atoms with van der Waals surface area (Å²) in [5.74, 6) is 0.900. The Morgan fingerprint density at radius 3 is 2.48 bits per heavy atom. The third-order valence-electron chi connectivity index (χ3n) is 4.09. The first-order chi connectivity index (χ1) is 13.0. The van der Waals surface area contributed by atoms with E-state index < -0.39 is 0 Å². The summed E-state index contributed by atoms with van der Waals surface area (Å²) in [6.45, 7) is 2.11. The van der Waals surface area contributed by atoms with E-state index in [1.165, 1.54) is 4.90 Å². The average molecular weight is 384 g/mol. The van der Waals surface area contributed by atoms with Crippen LogP contribution in [-0.2, 0) is 4.79 Å². The maximum Gasteiger partial charge on any atom is 0.295 e. The lowest BCUT2D eigenvalue weighted by atomic mass is 10.1. The molecular weight excluding hydrogens is 364 g/mol. The van der Waals surface area contributed by atoms with Gasteiger partial charge in [0.2, 0.25) is 0 Å². The number of ether oxygens (including phenoxy) is 2. The van der Waals surface area contributed by atoms with Crippen molar-refractivity contribution in [3.05, 3.63) is 58.5 Å². The van der Waals surface area contributed by atoms with Crippen molar-refractivity contribution in [2.24, 2.45) is 0 Å². The zero-order chi connectivity index (χ0) is 19.4. The zero-order valence-electron chi connectivity index (χ0n) is 15.3. The van der Waals surface area contributed by atoms with Crippen molar-refractivity contribution in [2.75, 3.05) is 26.2 Å². The van der Waals surface area contributed by atoms with Gasteiger partial charge in [-0.25, -0.2) is 0 Å². The molecule has 1 fully saturated rings. The standard InChI is InChI=1S/C20H20N2O4S/c1-13-4-6-15(7-5-13)21-12-22-19(23)18(27-20(22)24)11-14-10-16(25-2)8-9-17(14)26-3/h4-11,21H,12H2,1-3H3/b18-11+. The van der Waals surface area contributed by atoms with E-state index in [-0.39, 0.29) is 17.8 Å². The molecule has 1 N–H and O–H groups in total. The fourth-order valence-electron chi connectivity index (χ4n) is 2.57. The molecule has 0 radical (unpaired) electrons. The zero-order valence-corrected chi connectivity index (χ0v) is 16.1. The minimum absolute atomic E-state index is 0.111. The molecule has 3 rings (SSSR count). The van der Waals surface area contributed by atoms with Crippen LogP contribution in [0.4, 0.5) is 10.5 Å². The van der Waals surface area contributed by atoms with E-state index in [0.29, 0.717) is 22.0 Å². The van der Waals surface area contributed by atoms with Crippen LogP contribution in [0.25, 0.3) is 6.08 Å². The molecule has 0 aromatic heterocycles. The number of rotatable bonds is 6. The van der Waals surface area contributed by atoms with Crippen molar-refractivity contribution in [3.8, 4) is 11.5 Å². The van der Waals surface area contributed by atoms with Crippen LogP contribution in [0.15, 0.2) is 47.4 Å². The Morgan fingerprint density at radius 2 is 1.81 bits per heavy atom. The lowest BCUT2D eigenvalue weighted by Gasteiger charge is -2.14. The lowest BCUT2D eigenvalue weighted by molar-refractivity contribution is -0.122. The Bertz CT molecular complexity index is 893. The van der Waals surface area contributed by atoms with Gasteiger partial charge in [0.1, 0.15) is 11.5 Å². The van der Waals surface area contributed by atoms with Crippen LogP contribution < -0.4 is 14.8 Å². The van der Waals surface area contributed by atoms with Gasteiger partial charge in [0.25, 0.3) is 11.1 Å². The van der Waals surface area contributed by atoms with E-state index in [2.05, 4.69) is 5.32 Å². The molecule has 0 unspecified atom stereocenters. The molecule has 2 aromatic rings. The highest BCUT2D eigenvalue weighted by molar-refractivity contribution is 8.18. The number of thioether (sulfide) groups is 1. The van der Waals surface area contributed by atoms with E-state index in [0.717, 1.165) is 23.0 Å². The second-order valence-corrected chi connectivity index (χ2v) is 6.91. The average Bonchev–Trinajstić information content (AvgIpc) is 2.94. The van der Waals surface area contributed by atoms with Gasteiger partial charge < -0.3 is 14.8 Å². The van der Waals surface area contributed by atoms with Gasteiger partial charge in [-0.3, -0.25) is 14.5 Å².